The monoisotopic (exact) mass is 261 g/mol. The Hall–Kier alpha value is -0.930. The Morgan fingerprint density at radius 2 is 2.26 bits per heavy atom. The zero-order valence-electron chi connectivity index (χ0n) is 12.5. The van der Waals surface area contributed by atoms with Gasteiger partial charge in [-0.3, -0.25) is 9.88 Å². The van der Waals surface area contributed by atoms with Crippen LogP contribution < -0.4 is 5.32 Å². The molecular weight excluding hydrogens is 234 g/mol. The predicted octanol–water partition coefficient (Wildman–Crippen LogP) is 2.60. The fourth-order valence-electron chi connectivity index (χ4n) is 2.75. The number of pyridine rings is 1. The van der Waals surface area contributed by atoms with E-state index >= 15 is 0 Å². The number of aryl methyl sites for hydroxylation is 1. The summed E-state index contributed by atoms with van der Waals surface area (Å²) in [4.78, 5) is 6.98. The summed E-state index contributed by atoms with van der Waals surface area (Å²) in [6.07, 6.45) is 4.50. The molecule has 1 aromatic rings. The molecule has 0 aliphatic carbocycles. The summed E-state index contributed by atoms with van der Waals surface area (Å²) in [5, 5.41) is 3.67. The van der Waals surface area contributed by atoms with E-state index in [1.165, 1.54) is 31.5 Å². The van der Waals surface area contributed by atoms with Crippen LogP contribution in [0.15, 0.2) is 18.3 Å². The van der Waals surface area contributed by atoms with Crippen molar-refractivity contribution in [3.63, 3.8) is 0 Å². The van der Waals surface area contributed by atoms with Crippen LogP contribution in [-0.4, -0.2) is 35.6 Å². The molecule has 2 rings (SSSR count). The molecular formula is C16H27N3. The minimum atomic E-state index is 0.682. The summed E-state index contributed by atoms with van der Waals surface area (Å²) in [6.45, 7) is 11.2. The standard InChI is InChI=1S/C16H27N3/c1-4-16-7-8-19(11-13(2)9-18-16)12-15-6-5-14(3)17-10-15/h5-6,10,13,16,18H,4,7-9,11-12H2,1-3H3. The third-order valence-electron chi connectivity index (χ3n) is 3.99. The van der Waals surface area contributed by atoms with Crippen molar-refractivity contribution < 1.29 is 0 Å². The number of hydrogen-bond donors (Lipinski definition) is 1. The summed E-state index contributed by atoms with van der Waals surface area (Å²) in [7, 11) is 0. The highest BCUT2D eigenvalue weighted by atomic mass is 15.1. The molecule has 3 heteroatoms. The molecule has 1 aliphatic heterocycles. The van der Waals surface area contributed by atoms with Crippen LogP contribution in [0.4, 0.5) is 0 Å². The fraction of sp³-hybridized carbons (Fsp3) is 0.688. The molecule has 106 valence electrons. The lowest BCUT2D eigenvalue weighted by Crippen LogP contribution is -2.43. The number of nitrogens with one attached hydrogen (secondary N) is 1. The van der Waals surface area contributed by atoms with Crippen LogP contribution in [0.1, 0.15) is 37.9 Å². The molecule has 1 N–H and O–H groups in total. The van der Waals surface area contributed by atoms with E-state index in [9.17, 15) is 0 Å². The largest absolute Gasteiger partial charge is 0.314 e. The average molecular weight is 261 g/mol. The molecule has 0 aromatic carbocycles. The van der Waals surface area contributed by atoms with Gasteiger partial charge in [0.1, 0.15) is 0 Å². The molecule has 3 nitrogen and oxygen atoms in total. The van der Waals surface area contributed by atoms with Crippen molar-refractivity contribution in [2.24, 2.45) is 5.92 Å². The lowest BCUT2D eigenvalue weighted by molar-refractivity contribution is 0.190. The van der Waals surface area contributed by atoms with Crippen molar-refractivity contribution in [2.45, 2.75) is 46.2 Å². The Morgan fingerprint density at radius 1 is 1.42 bits per heavy atom. The molecule has 1 aromatic heterocycles. The Labute approximate surface area is 117 Å². The molecule has 2 heterocycles. The third kappa shape index (κ3) is 4.59. The summed E-state index contributed by atoms with van der Waals surface area (Å²) in [5.74, 6) is 0.716. The van der Waals surface area contributed by atoms with Crippen LogP contribution in [0.25, 0.3) is 0 Å². The highest BCUT2D eigenvalue weighted by Gasteiger charge is 2.17. The van der Waals surface area contributed by atoms with E-state index in [2.05, 4.69) is 41.2 Å². The maximum atomic E-state index is 4.40. The first kappa shape index (κ1) is 14.5. The lowest BCUT2D eigenvalue weighted by atomic mass is 10.0. The van der Waals surface area contributed by atoms with Crippen LogP contribution in [0.5, 0.6) is 0 Å². The van der Waals surface area contributed by atoms with E-state index in [1.54, 1.807) is 0 Å². The summed E-state index contributed by atoms with van der Waals surface area (Å²) in [5.41, 5.74) is 2.43. The molecule has 19 heavy (non-hydrogen) atoms. The zero-order valence-corrected chi connectivity index (χ0v) is 12.5. The van der Waals surface area contributed by atoms with Crippen molar-refractivity contribution in [3.8, 4) is 0 Å². The minimum Gasteiger partial charge on any atom is -0.314 e. The topological polar surface area (TPSA) is 28.2 Å². The number of aromatic nitrogens is 1. The van der Waals surface area contributed by atoms with Crippen LogP contribution in [0.3, 0.4) is 0 Å². The first-order valence-electron chi connectivity index (χ1n) is 7.54. The summed E-state index contributed by atoms with van der Waals surface area (Å²) >= 11 is 0. The van der Waals surface area contributed by atoms with Gasteiger partial charge < -0.3 is 5.32 Å². The maximum Gasteiger partial charge on any atom is 0.0372 e. The van der Waals surface area contributed by atoms with E-state index in [4.69, 9.17) is 0 Å². The van der Waals surface area contributed by atoms with Crippen LogP contribution in [-0.2, 0) is 6.54 Å². The van der Waals surface area contributed by atoms with E-state index < -0.39 is 0 Å². The van der Waals surface area contributed by atoms with Crippen molar-refractivity contribution in [1.29, 1.82) is 0 Å². The molecule has 2 unspecified atom stereocenters. The minimum absolute atomic E-state index is 0.682. The van der Waals surface area contributed by atoms with Crippen LogP contribution >= 0.6 is 0 Å². The van der Waals surface area contributed by atoms with E-state index in [1.807, 2.05) is 13.1 Å². The van der Waals surface area contributed by atoms with Crippen molar-refractivity contribution in [3.05, 3.63) is 29.6 Å². The van der Waals surface area contributed by atoms with Crippen LogP contribution in [0, 0.1) is 12.8 Å². The Kier molecular flexibility index (Phi) is 5.34. The van der Waals surface area contributed by atoms with Gasteiger partial charge in [-0.15, -0.1) is 0 Å². The lowest BCUT2D eigenvalue weighted by Gasteiger charge is -2.32. The average Bonchev–Trinajstić information content (AvgIpc) is 2.39. The van der Waals surface area contributed by atoms with Crippen molar-refractivity contribution in [1.82, 2.24) is 15.2 Å². The SMILES string of the molecule is CCC1CCN(Cc2ccc(C)nc2)CC(C)CN1. The number of rotatable bonds is 3. The fourth-order valence-corrected chi connectivity index (χ4v) is 2.75. The number of nitrogens with zero attached hydrogens (tertiary/aromatic N) is 2. The molecule has 0 saturated carbocycles. The van der Waals surface area contributed by atoms with Gasteiger partial charge in [0.05, 0.1) is 0 Å². The van der Waals surface area contributed by atoms with E-state index in [0.29, 0.717) is 12.0 Å². The molecule has 0 amide bonds. The first-order valence-corrected chi connectivity index (χ1v) is 7.54. The van der Waals surface area contributed by atoms with Gasteiger partial charge in [0, 0.05) is 31.0 Å². The third-order valence-corrected chi connectivity index (χ3v) is 3.99. The van der Waals surface area contributed by atoms with Gasteiger partial charge in [-0.25, -0.2) is 0 Å². The first-order chi connectivity index (χ1) is 9.17. The van der Waals surface area contributed by atoms with Gasteiger partial charge in [-0.2, -0.15) is 0 Å². The van der Waals surface area contributed by atoms with Crippen molar-refractivity contribution in [2.75, 3.05) is 19.6 Å². The second-order valence-corrected chi connectivity index (χ2v) is 5.95. The van der Waals surface area contributed by atoms with Crippen molar-refractivity contribution >= 4 is 0 Å². The van der Waals surface area contributed by atoms with Gasteiger partial charge in [-0.1, -0.05) is 19.9 Å². The normalized spacial score (nSPS) is 25.8. The molecule has 1 fully saturated rings. The van der Waals surface area contributed by atoms with Gasteiger partial charge >= 0.3 is 0 Å². The molecule has 1 saturated heterocycles. The second-order valence-electron chi connectivity index (χ2n) is 5.95. The van der Waals surface area contributed by atoms with Crippen LogP contribution in [0.2, 0.25) is 0 Å². The smallest absolute Gasteiger partial charge is 0.0372 e. The Morgan fingerprint density at radius 3 is 2.95 bits per heavy atom. The molecule has 2 atom stereocenters. The summed E-state index contributed by atoms with van der Waals surface area (Å²) < 4.78 is 0. The zero-order chi connectivity index (χ0) is 13.7. The highest BCUT2D eigenvalue weighted by Crippen LogP contribution is 2.12. The maximum absolute atomic E-state index is 4.40. The molecule has 0 radical (unpaired) electrons. The second kappa shape index (κ2) is 7.01. The summed E-state index contributed by atoms with van der Waals surface area (Å²) in [6, 6.07) is 5.00. The quantitative estimate of drug-likeness (QED) is 0.906. The Bertz CT molecular complexity index is 374. The van der Waals surface area contributed by atoms with Gasteiger partial charge in [-0.05, 0) is 50.4 Å². The van der Waals surface area contributed by atoms with Gasteiger partial charge in [0.2, 0.25) is 0 Å². The Balaban J connectivity index is 1.95. The van der Waals surface area contributed by atoms with E-state index in [0.717, 1.165) is 18.8 Å². The number of hydrogen-bond acceptors (Lipinski definition) is 3. The molecule has 0 spiro atoms. The molecule has 1 aliphatic rings. The van der Waals surface area contributed by atoms with Gasteiger partial charge in [0.15, 0.2) is 0 Å². The predicted molar refractivity (Wildman–Crippen MR) is 80.1 cm³/mol. The van der Waals surface area contributed by atoms with E-state index in [-0.39, 0.29) is 0 Å². The van der Waals surface area contributed by atoms with Gasteiger partial charge in [0.25, 0.3) is 0 Å². The molecule has 0 bridgehead atoms. The highest BCUT2D eigenvalue weighted by molar-refractivity contribution is 5.13.